The van der Waals surface area contributed by atoms with Crippen molar-refractivity contribution in [3.63, 3.8) is 0 Å². The summed E-state index contributed by atoms with van der Waals surface area (Å²) in [5, 5.41) is 3.05. The zero-order valence-electron chi connectivity index (χ0n) is 16.3. The molecule has 1 fully saturated rings. The summed E-state index contributed by atoms with van der Waals surface area (Å²) >= 11 is 0. The van der Waals surface area contributed by atoms with E-state index in [0.29, 0.717) is 38.1 Å². The number of benzene rings is 1. The predicted octanol–water partition coefficient (Wildman–Crippen LogP) is 2.97. The Balaban J connectivity index is 1.34. The molecule has 1 aromatic carbocycles. The Bertz CT molecular complexity index is 787. The van der Waals surface area contributed by atoms with E-state index in [-0.39, 0.29) is 17.9 Å². The first kappa shape index (κ1) is 19.9. The zero-order chi connectivity index (χ0) is 19.8. The number of aryl methyl sites for hydroxylation is 1. The predicted molar refractivity (Wildman–Crippen MR) is 107 cm³/mol. The Morgan fingerprint density at radius 2 is 1.86 bits per heavy atom. The molecule has 0 saturated carbocycles. The summed E-state index contributed by atoms with van der Waals surface area (Å²) in [6.07, 6.45) is 5.97. The topological polar surface area (TPSA) is 71.5 Å². The fraction of sp³-hybridized carbons (Fsp3) is 0.409. The number of pyridine rings is 1. The van der Waals surface area contributed by atoms with E-state index in [1.807, 2.05) is 36.1 Å². The number of nitrogens with zero attached hydrogens (tertiary/aromatic N) is 2. The fourth-order valence-electron chi connectivity index (χ4n) is 3.33. The minimum absolute atomic E-state index is 0.0828. The molecule has 6 nitrogen and oxygen atoms in total. The van der Waals surface area contributed by atoms with Crippen LogP contribution < -0.4 is 10.1 Å². The van der Waals surface area contributed by atoms with Crippen LogP contribution in [0, 0.1) is 6.92 Å². The van der Waals surface area contributed by atoms with Gasteiger partial charge in [0, 0.05) is 43.5 Å². The van der Waals surface area contributed by atoms with E-state index in [0.717, 1.165) is 24.2 Å². The minimum Gasteiger partial charge on any atom is -0.493 e. The Labute approximate surface area is 165 Å². The lowest BCUT2D eigenvalue weighted by Crippen LogP contribution is -2.46. The molecule has 0 radical (unpaired) electrons. The number of hydrogen-bond acceptors (Lipinski definition) is 4. The fourth-order valence-corrected chi connectivity index (χ4v) is 3.33. The van der Waals surface area contributed by atoms with Gasteiger partial charge in [-0.15, -0.1) is 0 Å². The standard InChI is InChI=1S/C22H27N3O3/c1-17-5-2-3-6-20(17)28-16-4-7-21(26)25-14-10-19(11-15-25)24-22(27)18-8-12-23-13-9-18/h2-3,5-6,8-9,12-13,19H,4,7,10-11,14-16H2,1H3,(H,24,27). The first-order valence-electron chi connectivity index (χ1n) is 9.80. The van der Waals surface area contributed by atoms with Crippen molar-refractivity contribution in [3.8, 4) is 5.75 Å². The lowest BCUT2D eigenvalue weighted by Gasteiger charge is -2.32. The lowest BCUT2D eigenvalue weighted by molar-refractivity contribution is -0.132. The van der Waals surface area contributed by atoms with Gasteiger partial charge in [0.2, 0.25) is 5.91 Å². The van der Waals surface area contributed by atoms with Crippen LogP contribution in [-0.4, -0.2) is 47.4 Å². The lowest BCUT2D eigenvalue weighted by atomic mass is 10.0. The Morgan fingerprint density at radius 3 is 2.57 bits per heavy atom. The highest BCUT2D eigenvalue weighted by atomic mass is 16.5. The highest BCUT2D eigenvalue weighted by molar-refractivity contribution is 5.94. The van der Waals surface area contributed by atoms with Gasteiger partial charge in [-0.1, -0.05) is 18.2 Å². The van der Waals surface area contributed by atoms with Crippen molar-refractivity contribution in [2.45, 2.75) is 38.6 Å². The van der Waals surface area contributed by atoms with Gasteiger partial charge in [0.15, 0.2) is 0 Å². The van der Waals surface area contributed by atoms with Crippen LogP contribution in [0.3, 0.4) is 0 Å². The highest BCUT2D eigenvalue weighted by Crippen LogP contribution is 2.17. The number of para-hydroxylation sites is 1. The van der Waals surface area contributed by atoms with Gasteiger partial charge >= 0.3 is 0 Å². The third-order valence-electron chi connectivity index (χ3n) is 5.01. The summed E-state index contributed by atoms with van der Waals surface area (Å²) in [6, 6.07) is 11.4. The normalized spacial score (nSPS) is 14.5. The molecule has 2 aromatic rings. The van der Waals surface area contributed by atoms with Crippen LogP contribution in [0.2, 0.25) is 0 Å². The van der Waals surface area contributed by atoms with Gasteiger partial charge in [0.1, 0.15) is 5.75 Å². The van der Waals surface area contributed by atoms with Gasteiger partial charge in [0.05, 0.1) is 6.61 Å². The minimum atomic E-state index is -0.0828. The van der Waals surface area contributed by atoms with Crippen molar-refractivity contribution in [2.24, 2.45) is 0 Å². The van der Waals surface area contributed by atoms with Gasteiger partial charge in [-0.2, -0.15) is 0 Å². The SMILES string of the molecule is Cc1ccccc1OCCCC(=O)N1CCC(NC(=O)c2ccncc2)CC1. The maximum Gasteiger partial charge on any atom is 0.251 e. The summed E-state index contributed by atoms with van der Waals surface area (Å²) in [7, 11) is 0. The van der Waals surface area contributed by atoms with Crippen LogP contribution in [0.25, 0.3) is 0 Å². The van der Waals surface area contributed by atoms with Gasteiger partial charge in [-0.25, -0.2) is 0 Å². The number of nitrogens with one attached hydrogen (secondary N) is 1. The summed E-state index contributed by atoms with van der Waals surface area (Å²) in [6.45, 7) is 3.91. The van der Waals surface area contributed by atoms with Crippen LogP contribution in [0.4, 0.5) is 0 Å². The van der Waals surface area contributed by atoms with Crippen LogP contribution in [0.1, 0.15) is 41.6 Å². The first-order chi connectivity index (χ1) is 13.6. The van der Waals surface area contributed by atoms with Crippen LogP contribution in [0.5, 0.6) is 5.75 Å². The molecule has 1 aliphatic heterocycles. The summed E-state index contributed by atoms with van der Waals surface area (Å²) in [5.41, 5.74) is 1.71. The number of carbonyl (C=O) groups excluding carboxylic acids is 2. The second-order valence-electron chi connectivity index (χ2n) is 7.08. The molecule has 1 aliphatic rings. The summed E-state index contributed by atoms with van der Waals surface area (Å²) in [5.74, 6) is 0.952. The number of likely N-dealkylation sites (tertiary alicyclic amines) is 1. The van der Waals surface area contributed by atoms with Crippen LogP contribution in [0.15, 0.2) is 48.8 Å². The Hall–Kier alpha value is -2.89. The molecule has 3 rings (SSSR count). The average Bonchev–Trinajstić information content (AvgIpc) is 2.73. The van der Waals surface area contributed by atoms with Crippen LogP contribution >= 0.6 is 0 Å². The van der Waals surface area contributed by atoms with Crippen molar-refractivity contribution in [1.82, 2.24) is 15.2 Å². The van der Waals surface area contributed by atoms with E-state index in [1.54, 1.807) is 24.5 Å². The van der Waals surface area contributed by atoms with E-state index < -0.39 is 0 Å². The van der Waals surface area contributed by atoms with Gasteiger partial charge in [-0.05, 0) is 49.9 Å². The van der Waals surface area contributed by atoms with Crippen LogP contribution in [-0.2, 0) is 4.79 Å². The number of piperidine rings is 1. The molecule has 28 heavy (non-hydrogen) atoms. The largest absolute Gasteiger partial charge is 0.493 e. The Morgan fingerprint density at radius 1 is 1.14 bits per heavy atom. The smallest absolute Gasteiger partial charge is 0.251 e. The zero-order valence-corrected chi connectivity index (χ0v) is 16.3. The molecule has 2 heterocycles. The van der Waals surface area contributed by atoms with E-state index in [1.165, 1.54) is 0 Å². The van der Waals surface area contributed by atoms with E-state index >= 15 is 0 Å². The molecule has 1 aromatic heterocycles. The molecular weight excluding hydrogens is 354 g/mol. The molecule has 2 amide bonds. The molecule has 0 unspecified atom stereocenters. The third-order valence-corrected chi connectivity index (χ3v) is 5.01. The summed E-state index contributed by atoms with van der Waals surface area (Å²) in [4.78, 5) is 30.4. The van der Waals surface area contributed by atoms with E-state index in [2.05, 4.69) is 10.3 Å². The second kappa shape index (κ2) is 9.88. The van der Waals surface area contributed by atoms with Crippen molar-refractivity contribution in [1.29, 1.82) is 0 Å². The number of carbonyl (C=O) groups is 2. The van der Waals surface area contributed by atoms with Crippen molar-refractivity contribution >= 4 is 11.8 Å². The molecule has 0 aliphatic carbocycles. The maximum atomic E-state index is 12.4. The number of amides is 2. The van der Waals surface area contributed by atoms with Gasteiger partial charge < -0.3 is 15.0 Å². The molecule has 6 heteroatoms. The van der Waals surface area contributed by atoms with Crippen molar-refractivity contribution in [3.05, 3.63) is 59.9 Å². The number of hydrogen-bond donors (Lipinski definition) is 1. The molecular formula is C22H27N3O3. The third kappa shape index (κ3) is 5.55. The number of rotatable bonds is 7. The number of ether oxygens (including phenoxy) is 1. The summed E-state index contributed by atoms with van der Waals surface area (Å²) < 4.78 is 5.75. The second-order valence-corrected chi connectivity index (χ2v) is 7.08. The van der Waals surface area contributed by atoms with Crippen molar-refractivity contribution < 1.29 is 14.3 Å². The van der Waals surface area contributed by atoms with Crippen molar-refractivity contribution in [2.75, 3.05) is 19.7 Å². The van der Waals surface area contributed by atoms with E-state index in [9.17, 15) is 9.59 Å². The molecule has 0 spiro atoms. The van der Waals surface area contributed by atoms with E-state index in [4.69, 9.17) is 4.74 Å². The average molecular weight is 381 g/mol. The molecule has 1 saturated heterocycles. The monoisotopic (exact) mass is 381 g/mol. The molecule has 148 valence electrons. The number of aromatic nitrogens is 1. The van der Waals surface area contributed by atoms with Gasteiger partial charge in [-0.3, -0.25) is 14.6 Å². The molecule has 1 N–H and O–H groups in total. The molecule has 0 bridgehead atoms. The maximum absolute atomic E-state index is 12.4. The molecule has 0 atom stereocenters. The highest BCUT2D eigenvalue weighted by Gasteiger charge is 2.23. The Kier molecular flexibility index (Phi) is 7.00. The van der Waals surface area contributed by atoms with Gasteiger partial charge in [0.25, 0.3) is 5.91 Å². The quantitative estimate of drug-likeness (QED) is 0.749. The first-order valence-corrected chi connectivity index (χ1v) is 9.80.